The van der Waals surface area contributed by atoms with Crippen molar-refractivity contribution in [2.24, 2.45) is 0 Å². The van der Waals surface area contributed by atoms with Crippen molar-refractivity contribution in [2.45, 2.75) is 6.36 Å². The molecule has 0 unspecified atom stereocenters. The summed E-state index contributed by atoms with van der Waals surface area (Å²) in [6, 6.07) is 6.18. The van der Waals surface area contributed by atoms with Crippen LogP contribution >= 0.6 is 0 Å². The Bertz CT molecular complexity index is 680. The number of carbonyl (C=O) groups is 1. The maximum Gasteiger partial charge on any atom is 0.573 e. The fourth-order valence-corrected chi connectivity index (χ4v) is 1.76. The minimum absolute atomic E-state index is 0.105. The predicted octanol–water partition coefficient (Wildman–Crippen LogP) is 3.91. The maximum atomic E-state index is 13.2. The minimum Gasteiger partial charge on any atom is -0.508 e. The van der Waals surface area contributed by atoms with Crippen LogP contribution < -0.4 is 4.74 Å². The molecule has 0 aliphatic carbocycles. The van der Waals surface area contributed by atoms with Crippen LogP contribution in [0.1, 0.15) is 10.4 Å². The van der Waals surface area contributed by atoms with Gasteiger partial charge in [0.2, 0.25) is 0 Å². The van der Waals surface area contributed by atoms with E-state index in [1.165, 1.54) is 6.07 Å². The highest BCUT2D eigenvalue weighted by Crippen LogP contribution is 2.36. The van der Waals surface area contributed by atoms with E-state index in [0.29, 0.717) is 0 Å². The Hall–Kier alpha value is -2.57. The maximum absolute atomic E-state index is 13.2. The van der Waals surface area contributed by atoms with Crippen molar-refractivity contribution in [1.82, 2.24) is 0 Å². The first-order valence-corrected chi connectivity index (χ1v) is 5.64. The summed E-state index contributed by atoms with van der Waals surface area (Å²) in [4.78, 5) is 10.7. The Kier molecular flexibility index (Phi) is 3.84. The number of carbonyl (C=O) groups excluding carboxylic acids is 1. The summed E-state index contributed by atoms with van der Waals surface area (Å²) in [5, 5.41) is 9.40. The van der Waals surface area contributed by atoms with E-state index in [1.54, 1.807) is 0 Å². The molecule has 0 heterocycles. The Morgan fingerprint density at radius 1 is 1.10 bits per heavy atom. The normalized spacial score (nSPS) is 11.2. The number of hydrogen-bond acceptors (Lipinski definition) is 3. The van der Waals surface area contributed by atoms with Crippen molar-refractivity contribution < 1.29 is 32.2 Å². The van der Waals surface area contributed by atoms with Crippen LogP contribution in [-0.4, -0.2) is 17.8 Å². The molecule has 0 aliphatic heterocycles. The summed E-state index contributed by atoms with van der Waals surface area (Å²) in [5.74, 6) is -1.66. The van der Waals surface area contributed by atoms with Crippen LogP contribution in [0.3, 0.4) is 0 Å². The van der Waals surface area contributed by atoms with Gasteiger partial charge in [-0.15, -0.1) is 13.2 Å². The average Bonchev–Trinajstić information content (AvgIpc) is 2.40. The lowest BCUT2D eigenvalue weighted by atomic mass is 10.0. The molecule has 2 aromatic rings. The van der Waals surface area contributed by atoms with Gasteiger partial charge >= 0.3 is 6.36 Å². The van der Waals surface area contributed by atoms with E-state index in [4.69, 9.17) is 0 Å². The van der Waals surface area contributed by atoms with Gasteiger partial charge in [-0.3, -0.25) is 4.79 Å². The van der Waals surface area contributed by atoms with Crippen LogP contribution in [-0.2, 0) is 0 Å². The lowest BCUT2D eigenvalue weighted by Gasteiger charge is -2.14. The van der Waals surface area contributed by atoms with E-state index in [1.807, 2.05) is 0 Å². The second kappa shape index (κ2) is 5.43. The number of aldehydes is 1. The van der Waals surface area contributed by atoms with Gasteiger partial charge in [0.05, 0.1) is 5.56 Å². The predicted molar refractivity (Wildman–Crippen MR) is 65.6 cm³/mol. The molecule has 0 saturated carbocycles. The number of alkyl halides is 3. The van der Waals surface area contributed by atoms with Gasteiger partial charge in [0.15, 0.2) is 6.29 Å². The summed E-state index contributed by atoms with van der Waals surface area (Å²) < 4.78 is 54.1. The van der Waals surface area contributed by atoms with Gasteiger partial charge in [0.25, 0.3) is 0 Å². The number of phenolic OH excluding ortho intramolecular Hbond substituents is 1. The Morgan fingerprint density at radius 3 is 2.43 bits per heavy atom. The highest BCUT2D eigenvalue weighted by Gasteiger charge is 2.32. The molecule has 110 valence electrons. The standard InChI is InChI=1S/C14H8F4O3/c15-12-3-1-8(5-9(12)7-19)11-6-10(20)2-4-13(11)21-14(16,17)18/h1-7,20H. The fourth-order valence-electron chi connectivity index (χ4n) is 1.76. The molecule has 3 nitrogen and oxygen atoms in total. The van der Waals surface area contributed by atoms with Crippen molar-refractivity contribution in [3.63, 3.8) is 0 Å². The lowest BCUT2D eigenvalue weighted by Crippen LogP contribution is -2.17. The van der Waals surface area contributed by atoms with Gasteiger partial charge in [-0.05, 0) is 35.9 Å². The summed E-state index contributed by atoms with van der Waals surface area (Å²) in [6.45, 7) is 0. The molecule has 2 aromatic carbocycles. The van der Waals surface area contributed by atoms with Crippen molar-refractivity contribution in [2.75, 3.05) is 0 Å². The number of halogens is 4. The quantitative estimate of drug-likeness (QED) is 0.690. The van der Waals surface area contributed by atoms with Gasteiger partial charge in [-0.25, -0.2) is 4.39 Å². The Morgan fingerprint density at radius 2 is 1.81 bits per heavy atom. The van der Waals surface area contributed by atoms with Crippen LogP contribution in [0.25, 0.3) is 11.1 Å². The minimum atomic E-state index is -4.92. The van der Waals surface area contributed by atoms with Crippen LogP contribution in [0.15, 0.2) is 36.4 Å². The number of rotatable bonds is 3. The first-order valence-electron chi connectivity index (χ1n) is 5.64. The molecular weight excluding hydrogens is 292 g/mol. The topological polar surface area (TPSA) is 46.5 Å². The SMILES string of the molecule is O=Cc1cc(-c2cc(O)ccc2OC(F)(F)F)ccc1F. The monoisotopic (exact) mass is 300 g/mol. The van der Waals surface area contributed by atoms with E-state index in [9.17, 15) is 27.5 Å². The number of ether oxygens (including phenoxy) is 1. The van der Waals surface area contributed by atoms with Crippen LogP contribution in [0.4, 0.5) is 17.6 Å². The first-order chi connectivity index (χ1) is 9.80. The van der Waals surface area contributed by atoms with Gasteiger partial charge in [0.1, 0.15) is 17.3 Å². The van der Waals surface area contributed by atoms with Gasteiger partial charge in [0, 0.05) is 5.56 Å². The second-order valence-electron chi connectivity index (χ2n) is 4.08. The molecule has 0 spiro atoms. The Balaban J connectivity index is 2.56. The molecule has 0 saturated heterocycles. The molecule has 0 bridgehead atoms. The number of hydrogen-bond donors (Lipinski definition) is 1. The van der Waals surface area contributed by atoms with E-state index in [2.05, 4.69) is 4.74 Å². The Labute approximate surface area is 116 Å². The fraction of sp³-hybridized carbons (Fsp3) is 0.0714. The number of benzene rings is 2. The van der Waals surface area contributed by atoms with E-state index in [-0.39, 0.29) is 28.7 Å². The zero-order valence-electron chi connectivity index (χ0n) is 10.3. The molecule has 7 heteroatoms. The summed E-state index contributed by atoms with van der Waals surface area (Å²) in [5.41, 5.74) is -0.321. The first kappa shape index (κ1) is 14.8. The third-order valence-electron chi connectivity index (χ3n) is 2.62. The van der Waals surface area contributed by atoms with Crippen LogP contribution in [0.2, 0.25) is 0 Å². The molecular formula is C14H8F4O3. The highest BCUT2D eigenvalue weighted by atomic mass is 19.4. The second-order valence-corrected chi connectivity index (χ2v) is 4.08. The molecule has 0 atom stereocenters. The zero-order chi connectivity index (χ0) is 15.6. The zero-order valence-corrected chi connectivity index (χ0v) is 10.3. The van der Waals surface area contributed by atoms with Crippen molar-refractivity contribution >= 4 is 6.29 Å². The average molecular weight is 300 g/mol. The third-order valence-corrected chi connectivity index (χ3v) is 2.62. The van der Waals surface area contributed by atoms with Gasteiger partial charge in [-0.2, -0.15) is 0 Å². The third kappa shape index (κ3) is 3.50. The van der Waals surface area contributed by atoms with Gasteiger partial charge < -0.3 is 9.84 Å². The number of aromatic hydroxyl groups is 1. The molecule has 0 radical (unpaired) electrons. The molecule has 0 aromatic heterocycles. The van der Waals surface area contributed by atoms with E-state index < -0.39 is 17.9 Å². The molecule has 2 rings (SSSR count). The smallest absolute Gasteiger partial charge is 0.508 e. The van der Waals surface area contributed by atoms with Crippen molar-refractivity contribution in [1.29, 1.82) is 0 Å². The van der Waals surface area contributed by atoms with Crippen molar-refractivity contribution in [3.8, 4) is 22.6 Å². The summed E-state index contributed by atoms with van der Waals surface area (Å²) in [7, 11) is 0. The molecule has 0 aliphatic rings. The summed E-state index contributed by atoms with van der Waals surface area (Å²) >= 11 is 0. The molecule has 0 amide bonds. The van der Waals surface area contributed by atoms with E-state index >= 15 is 0 Å². The van der Waals surface area contributed by atoms with Gasteiger partial charge in [-0.1, -0.05) is 6.07 Å². The molecule has 21 heavy (non-hydrogen) atoms. The highest BCUT2D eigenvalue weighted by molar-refractivity contribution is 5.81. The van der Waals surface area contributed by atoms with E-state index in [0.717, 1.165) is 30.3 Å². The van der Waals surface area contributed by atoms with Crippen LogP contribution in [0.5, 0.6) is 11.5 Å². The number of phenols is 1. The van der Waals surface area contributed by atoms with Crippen LogP contribution in [0, 0.1) is 5.82 Å². The lowest BCUT2D eigenvalue weighted by molar-refractivity contribution is -0.274. The largest absolute Gasteiger partial charge is 0.573 e. The summed E-state index contributed by atoms with van der Waals surface area (Å²) in [6.07, 6.45) is -4.68. The van der Waals surface area contributed by atoms with Crippen molar-refractivity contribution in [3.05, 3.63) is 47.8 Å². The molecule has 0 fully saturated rings. The molecule has 1 N–H and O–H groups in total.